The van der Waals surface area contributed by atoms with Gasteiger partial charge in [-0.05, 0) is 23.3 Å². The Morgan fingerprint density at radius 1 is 0.839 bits per heavy atom. The molecule has 1 atom stereocenters. The molecule has 0 spiro atoms. The summed E-state index contributed by atoms with van der Waals surface area (Å²) in [7, 11) is -0.988. The second kappa shape index (κ2) is 8.32. The summed E-state index contributed by atoms with van der Waals surface area (Å²) in [5.74, 6) is 0.811. The molecular formula is C25H21N3O2S. The van der Waals surface area contributed by atoms with E-state index in [1.165, 1.54) is 0 Å². The van der Waals surface area contributed by atoms with E-state index in [9.17, 15) is 9.00 Å². The summed E-state index contributed by atoms with van der Waals surface area (Å²) >= 11 is 0. The van der Waals surface area contributed by atoms with E-state index in [-0.39, 0.29) is 5.91 Å². The highest BCUT2D eigenvalue weighted by Gasteiger charge is 2.30. The first-order chi connectivity index (χ1) is 15.2. The maximum Gasteiger partial charge on any atom is 0.237 e. The van der Waals surface area contributed by atoms with Crippen molar-refractivity contribution in [3.8, 4) is 5.69 Å². The van der Waals surface area contributed by atoms with Crippen molar-refractivity contribution in [1.29, 1.82) is 0 Å². The van der Waals surface area contributed by atoms with E-state index in [2.05, 4.69) is 10.4 Å². The van der Waals surface area contributed by atoms with Crippen molar-refractivity contribution in [1.82, 2.24) is 9.78 Å². The Balaban J connectivity index is 1.57. The van der Waals surface area contributed by atoms with Crippen molar-refractivity contribution in [2.75, 3.05) is 5.32 Å². The molecule has 1 unspecified atom stereocenters. The molecule has 1 aromatic heterocycles. The van der Waals surface area contributed by atoms with Crippen molar-refractivity contribution >= 4 is 22.5 Å². The molecule has 2 heterocycles. The lowest BCUT2D eigenvalue weighted by atomic mass is 9.90. The second-order valence-corrected chi connectivity index (χ2v) is 8.95. The minimum atomic E-state index is -0.988. The minimum Gasteiger partial charge on any atom is -0.309 e. The van der Waals surface area contributed by atoms with Gasteiger partial charge in [-0.3, -0.25) is 9.00 Å². The average molecular weight is 428 g/mol. The van der Waals surface area contributed by atoms with Crippen molar-refractivity contribution in [2.45, 2.75) is 17.4 Å². The molecular weight excluding hydrogens is 406 g/mol. The van der Waals surface area contributed by atoms with E-state index >= 15 is 0 Å². The number of para-hydroxylation sites is 1. The number of anilines is 1. The third-order valence-electron chi connectivity index (χ3n) is 5.44. The van der Waals surface area contributed by atoms with Gasteiger partial charge in [0.15, 0.2) is 0 Å². The molecule has 5 rings (SSSR count). The van der Waals surface area contributed by atoms with Gasteiger partial charge in [-0.2, -0.15) is 5.10 Å². The van der Waals surface area contributed by atoms with Crippen LogP contribution in [0.4, 0.5) is 5.82 Å². The van der Waals surface area contributed by atoms with Gasteiger partial charge in [0, 0.05) is 16.4 Å². The number of nitrogens with one attached hydrogen (secondary N) is 1. The highest BCUT2D eigenvalue weighted by molar-refractivity contribution is 7.83. The topological polar surface area (TPSA) is 64.0 Å². The lowest BCUT2D eigenvalue weighted by Gasteiger charge is -2.19. The Labute approximate surface area is 183 Å². The molecule has 3 aromatic carbocycles. The summed E-state index contributed by atoms with van der Waals surface area (Å²) < 4.78 is 13.9. The fourth-order valence-electron chi connectivity index (χ4n) is 3.99. The van der Waals surface area contributed by atoms with Crippen molar-refractivity contribution in [2.24, 2.45) is 0 Å². The third kappa shape index (κ3) is 3.82. The van der Waals surface area contributed by atoms with E-state index in [0.29, 0.717) is 17.3 Å². The molecule has 31 heavy (non-hydrogen) atoms. The monoisotopic (exact) mass is 427 g/mol. The standard InChI is InChI=1S/C25H21N3O2S/c29-25(23(18-10-4-1-5-11-18)19-12-6-2-7-13-19)26-24-21-16-31(30)17-22(21)27-28(24)20-14-8-3-9-15-20/h1-15,23H,16-17H2,(H,26,29). The molecule has 1 aliphatic heterocycles. The van der Waals surface area contributed by atoms with Gasteiger partial charge in [0.05, 0.1) is 28.8 Å². The number of benzene rings is 3. The molecule has 0 fully saturated rings. The zero-order valence-corrected chi connectivity index (χ0v) is 17.6. The zero-order chi connectivity index (χ0) is 21.2. The van der Waals surface area contributed by atoms with Crippen LogP contribution in [0.15, 0.2) is 91.0 Å². The molecule has 0 saturated heterocycles. The number of nitrogens with zero attached hydrogens (tertiary/aromatic N) is 2. The van der Waals surface area contributed by atoms with Gasteiger partial charge in [-0.15, -0.1) is 0 Å². The van der Waals surface area contributed by atoms with E-state index < -0.39 is 16.7 Å². The van der Waals surface area contributed by atoms with Crippen LogP contribution in [0.2, 0.25) is 0 Å². The Morgan fingerprint density at radius 2 is 1.39 bits per heavy atom. The summed E-state index contributed by atoms with van der Waals surface area (Å²) in [6.45, 7) is 0. The highest BCUT2D eigenvalue weighted by atomic mass is 32.2. The van der Waals surface area contributed by atoms with Gasteiger partial charge < -0.3 is 5.32 Å². The smallest absolute Gasteiger partial charge is 0.237 e. The normalized spacial score (nSPS) is 15.1. The number of hydrogen-bond acceptors (Lipinski definition) is 3. The van der Waals surface area contributed by atoms with Gasteiger partial charge in [0.1, 0.15) is 5.82 Å². The first-order valence-corrected chi connectivity index (χ1v) is 11.6. The van der Waals surface area contributed by atoms with E-state index in [1.807, 2.05) is 91.0 Å². The van der Waals surface area contributed by atoms with Crippen LogP contribution in [0, 0.1) is 0 Å². The predicted octanol–water partition coefficient (Wildman–Crippen LogP) is 4.41. The lowest BCUT2D eigenvalue weighted by Crippen LogP contribution is -2.24. The van der Waals surface area contributed by atoms with Crippen LogP contribution >= 0.6 is 0 Å². The summed E-state index contributed by atoms with van der Waals surface area (Å²) in [5, 5.41) is 7.81. The fraction of sp³-hybridized carbons (Fsp3) is 0.120. The second-order valence-electron chi connectivity index (χ2n) is 7.49. The minimum absolute atomic E-state index is 0.144. The maximum atomic E-state index is 13.6. The average Bonchev–Trinajstić information content (AvgIpc) is 3.33. The van der Waals surface area contributed by atoms with Crippen LogP contribution in [-0.4, -0.2) is 19.9 Å². The molecule has 154 valence electrons. The maximum absolute atomic E-state index is 13.6. The van der Waals surface area contributed by atoms with E-state index in [0.717, 1.165) is 28.1 Å². The highest BCUT2D eigenvalue weighted by Crippen LogP contribution is 2.33. The van der Waals surface area contributed by atoms with Crippen LogP contribution in [0.25, 0.3) is 5.69 Å². The quantitative estimate of drug-likeness (QED) is 0.513. The number of amides is 1. The Bertz CT molecular complexity index is 1200. The molecule has 0 saturated carbocycles. The Kier molecular flexibility index (Phi) is 5.22. The molecule has 1 N–H and O–H groups in total. The third-order valence-corrected chi connectivity index (χ3v) is 6.65. The Hall–Kier alpha value is -3.51. The van der Waals surface area contributed by atoms with E-state index in [4.69, 9.17) is 0 Å². The molecule has 0 aliphatic carbocycles. The van der Waals surface area contributed by atoms with Gasteiger partial charge in [-0.25, -0.2) is 4.68 Å². The SMILES string of the molecule is O=C(Nc1c2c(nn1-c1ccccc1)CS(=O)C2)C(c1ccccc1)c1ccccc1. The Morgan fingerprint density at radius 3 is 1.97 bits per heavy atom. The van der Waals surface area contributed by atoms with Crippen LogP contribution in [0.5, 0.6) is 0 Å². The molecule has 4 aromatic rings. The molecule has 1 amide bonds. The lowest BCUT2D eigenvalue weighted by molar-refractivity contribution is -0.116. The molecule has 0 radical (unpaired) electrons. The predicted molar refractivity (Wildman–Crippen MR) is 122 cm³/mol. The molecule has 0 bridgehead atoms. The van der Waals surface area contributed by atoms with Gasteiger partial charge in [0.25, 0.3) is 0 Å². The molecule has 5 nitrogen and oxygen atoms in total. The summed E-state index contributed by atoms with van der Waals surface area (Å²) in [6.07, 6.45) is 0. The van der Waals surface area contributed by atoms with E-state index in [1.54, 1.807) is 4.68 Å². The number of hydrogen-bond donors (Lipinski definition) is 1. The number of fused-ring (bicyclic) bond motifs is 1. The van der Waals surface area contributed by atoms with Gasteiger partial charge in [0.2, 0.25) is 5.91 Å². The van der Waals surface area contributed by atoms with Crippen molar-refractivity contribution in [3.05, 3.63) is 113 Å². The summed E-state index contributed by atoms with van der Waals surface area (Å²) in [5.41, 5.74) is 4.33. The number of aromatic nitrogens is 2. The van der Waals surface area contributed by atoms with Crippen LogP contribution in [-0.2, 0) is 27.1 Å². The first-order valence-electron chi connectivity index (χ1n) is 10.1. The zero-order valence-electron chi connectivity index (χ0n) is 16.8. The summed E-state index contributed by atoms with van der Waals surface area (Å²) in [4.78, 5) is 13.6. The number of carbonyl (C=O) groups excluding carboxylic acids is 1. The van der Waals surface area contributed by atoms with Gasteiger partial charge >= 0.3 is 0 Å². The van der Waals surface area contributed by atoms with Crippen molar-refractivity contribution in [3.63, 3.8) is 0 Å². The first kappa shape index (κ1) is 19.5. The van der Waals surface area contributed by atoms with Crippen molar-refractivity contribution < 1.29 is 9.00 Å². The van der Waals surface area contributed by atoms with Crippen LogP contribution in [0.3, 0.4) is 0 Å². The van der Waals surface area contributed by atoms with Crippen LogP contribution < -0.4 is 5.32 Å². The fourth-order valence-corrected chi connectivity index (χ4v) is 5.25. The largest absolute Gasteiger partial charge is 0.309 e. The number of carbonyl (C=O) groups is 1. The molecule has 1 aliphatic rings. The number of rotatable bonds is 5. The van der Waals surface area contributed by atoms with Crippen LogP contribution in [0.1, 0.15) is 28.3 Å². The van der Waals surface area contributed by atoms with Gasteiger partial charge in [-0.1, -0.05) is 78.9 Å². The summed E-state index contributed by atoms with van der Waals surface area (Å²) in [6, 6.07) is 29.2. The molecule has 6 heteroatoms.